The Labute approximate surface area is 343 Å². The van der Waals surface area contributed by atoms with E-state index in [1.807, 2.05) is 0 Å². The number of nitrogens with two attached hydrogens (primary N) is 1. The Kier molecular flexibility index (Phi) is 20.9. The highest BCUT2D eigenvalue weighted by Gasteiger charge is 2.31. The molecule has 1 heterocycles. The Hall–Kier alpha value is -5.47. The van der Waals surface area contributed by atoms with Crippen LogP contribution in [0.4, 0.5) is 0 Å². The number of carboxylic acid groups (broad SMARTS) is 4. The van der Waals surface area contributed by atoms with Crippen molar-refractivity contribution in [2.24, 2.45) is 5.73 Å². The maximum atomic E-state index is 14.1. The van der Waals surface area contributed by atoms with Crippen LogP contribution in [-0.2, 0) is 46.4 Å². The third-order valence-corrected chi connectivity index (χ3v) is 9.79. The average molecular weight is 827 g/mol. The lowest BCUT2D eigenvalue weighted by Gasteiger charge is -2.33. The molecular formula is C40H58N8O11. The number of nitrogens with one attached hydrogen (secondary N) is 3. The maximum absolute atomic E-state index is 14.1. The molecule has 2 unspecified atom stereocenters. The predicted molar refractivity (Wildman–Crippen MR) is 215 cm³/mol. The number of benzene rings is 2. The highest BCUT2D eigenvalue weighted by molar-refractivity contribution is 5.94. The van der Waals surface area contributed by atoms with E-state index in [1.165, 1.54) is 0 Å². The minimum Gasteiger partial charge on any atom is -0.480 e. The smallest absolute Gasteiger partial charge is 0.326 e. The first-order chi connectivity index (χ1) is 28.2. The topological polar surface area (TPSA) is 275 Å². The lowest BCUT2D eigenvalue weighted by atomic mass is 10.0. The summed E-state index contributed by atoms with van der Waals surface area (Å²) in [5.74, 6) is -6.43. The van der Waals surface area contributed by atoms with Gasteiger partial charge in [0.15, 0.2) is 0 Å². The van der Waals surface area contributed by atoms with Gasteiger partial charge in [0.1, 0.15) is 18.1 Å². The molecule has 9 N–H and O–H groups in total. The summed E-state index contributed by atoms with van der Waals surface area (Å²) in [7, 11) is 0. The van der Waals surface area contributed by atoms with E-state index in [-0.39, 0.29) is 97.8 Å². The molecule has 0 spiro atoms. The first-order valence-corrected chi connectivity index (χ1v) is 19.7. The Morgan fingerprint density at radius 3 is 1.22 bits per heavy atom. The Bertz CT molecular complexity index is 1640. The molecule has 1 fully saturated rings. The van der Waals surface area contributed by atoms with E-state index in [4.69, 9.17) is 5.73 Å². The molecule has 1 aliphatic rings. The first kappa shape index (κ1) is 47.9. The number of amides is 3. The van der Waals surface area contributed by atoms with E-state index in [9.17, 15) is 54.0 Å². The lowest BCUT2D eigenvalue weighted by molar-refractivity contribution is -0.142. The molecule has 3 amide bonds. The number of aliphatic carboxylic acids is 4. The van der Waals surface area contributed by atoms with Crippen molar-refractivity contribution in [3.05, 3.63) is 71.8 Å². The average Bonchev–Trinajstić information content (AvgIpc) is 3.18. The molecule has 2 aromatic carbocycles. The summed E-state index contributed by atoms with van der Waals surface area (Å²) in [5.41, 5.74) is 6.98. The summed E-state index contributed by atoms with van der Waals surface area (Å²) in [6.07, 6.45) is 1.24. The van der Waals surface area contributed by atoms with Crippen LogP contribution < -0.4 is 21.7 Å². The van der Waals surface area contributed by atoms with E-state index in [1.54, 1.807) is 80.3 Å². The summed E-state index contributed by atoms with van der Waals surface area (Å²) in [4.78, 5) is 95.3. The normalized spacial score (nSPS) is 16.6. The summed E-state index contributed by atoms with van der Waals surface area (Å²) in [6.45, 7) is 0.737. The number of hydrogen-bond acceptors (Lipinski definition) is 12. The van der Waals surface area contributed by atoms with Crippen LogP contribution in [0, 0.1) is 0 Å². The second-order valence-electron chi connectivity index (χ2n) is 14.5. The fourth-order valence-corrected chi connectivity index (χ4v) is 6.64. The van der Waals surface area contributed by atoms with Crippen molar-refractivity contribution in [1.29, 1.82) is 0 Å². The van der Waals surface area contributed by atoms with Crippen molar-refractivity contribution < 1.29 is 54.0 Å². The summed E-state index contributed by atoms with van der Waals surface area (Å²) < 4.78 is 0. The standard InChI is InChI=1S/C40H58N8O11/c41-14-8-7-13-31(40(58)59)43-39(57)33(24-30-11-5-2-6-12-30)44-38(56)32(23-29-9-3-1-4-10-29)42-34(49)25-45-15-17-46(26-35(50)51)19-21-48(28-37(54)55)22-20-47(18-16-45)27-36(52)53/h1-6,9-12,31-33H,7-8,13-28,41H2,(H,42,49)(H,43,57)(H,44,56)(H,50,51)(H,52,53)(H,54,55)(H,58,59)/t31-,32?,33?/m1/s1. The van der Waals surface area contributed by atoms with Gasteiger partial charge in [0, 0.05) is 65.2 Å². The van der Waals surface area contributed by atoms with Gasteiger partial charge < -0.3 is 42.1 Å². The van der Waals surface area contributed by atoms with Gasteiger partial charge in [-0.05, 0) is 36.9 Å². The van der Waals surface area contributed by atoms with Crippen LogP contribution in [0.2, 0.25) is 0 Å². The van der Waals surface area contributed by atoms with Crippen LogP contribution in [0.3, 0.4) is 0 Å². The highest BCUT2D eigenvalue weighted by Crippen LogP contribution is 2.10. The van der Waals surface area contributed by atoms with Crippen molar-refractivity contribution in [3.8, 4) is 0 Å². The van der Waals surface area contributed by atoms with Gasteiger partial charge in [0.2, 0.25) is 17.7 Å². The third-order valence-electron chi connectivity index (χ3n) is 9.79. The lowest BCUT2D eigenvalue weighted by Crippen LogP contribution is -2.57. The molecule has 1 saturated heterocycles. The molecule has 0 aliphatic carbocycles. The van der Waals surface area contributed by atoms with Crippen molar-refractivity contribution in [2.75, 3.05) is 85.1 Å². The molecule has 3 rings (SSSR count). The molecule has 3 atom stereocenters. The fourth-order valence-electron chi connectivity index (χ4n) is 6.64. The van der Waals surface area contributed by atoms with Gasteiger partial charge in [-0.1, -0.05) is 60.7 Å². The van der Waals surface area contributed by atoms with Crippen LogP contribution in [0.25, 0.3) is 0 Å². The second kappa shape index (κ2) is 25.8. The van der Waals surface area contributed by atoms with Crippen molar-refractivity contribution in [1.82, 2.24) is 35.6 Å². The number of carboxylic acids is 4. The van der Waals surface area contributed by atoms with Crippen LogP contribution in [0.5, 0.6) is 0 Å². The Balaban J connectivity index is 1.85. The van der Waals surface area contributed by atoms with Gasteiger partial charge in [0.25, 0.3) is 0 Å². The molecule has 59 heavy (non-hydrogen) atoms. The summed E-state index contributed by atoms with van der Waals surface area (Å²) in [6, 6.07) is 14.2. The number of nitrogens with zero attached hydrogens (tertiary/aromatic N) is 4. The quantitative estimate of drug-likeness (QED) is 0.0635. The van der Waals surface area contributed by atoms with Crippen LogP contribution >= 0.6 is 0 Å². The summed E-state index contributed by atoms with van der Waals surface area (Å²) >= 11 is 0. The predicted octanol–water partition coefficient (Wildman–Crippen LogP) is -1.38. The molecule has 324 valence electrons. The van der Waals surface area contributed by atoms with Gasteiger partial charge in [0.05, 0.1) is 26.2 Å². The Morgan fingerprint density at radius 1 is 0.508 bits per heavy atom. The Morgan fingerprint density at radius 2 is 0.864 bits per heavy atom. The van der Waals surface area contributed by atoms with E-state index in [0.717, 1.165) is 0 Å². The minimum absolute atomic E-state index is 0.0289. The molecule has 0 aromatic heterocycles. The number of rotatable bonds is 22. The molecule has 19 nitrogen and oxygen atoms in total. The maximum Gasteiger partial charge on any atom is 0.326 e. The van der Waals surface area contributed by atoms with Crippen LogP contribution in [0.15, 0.2) is 60.7 Å². The van der Waals surface area contributed by atoms with Gasteiger partial charge >= 0.3 is 23.9 Å². The fraction of sp³-hybridized carbons (Fsp3) is 0.525. The van der Waals surface area contributed by atoms with Crippen molar-refractivity contribution >= 4 is 41.6 Å². The zero-order valence-corrected chi connectivity index (χ0v) is 33.2. The van der Waals surface area contributed by atoms with Crippen molar-refractivity contribution in [3.63, 3.8) is 0 Å². The SMILES string of the molecule is NCCCC[C@@H](NC(=O)C(Cc1ccccc1)NC(=O)C(Cc1ccccc1)NC(=O)CN1CCN(CC(=O)O)CCN(CC(=O)O)CCN(CC(=O)O)CC1)C(=O)O. The van der Waals surface area contributed by atoms with Gasteiger partial charge in [-0.2, -0.15) is 0 Å². The van der Waals surface area contributed by atoms with E-state index in [0.29, 0.717) is 30.5 Å². The number of carbonyl (C=O) groups excluding carboxylic acids is 3. The third kappa shape index (κ3) is 19.2. The molecule has 1 aliphatic heterocycles. The molecule has 0 bridgehead atoms. The van der Waals surface area contributed by atoms with Gasteiger partial charge in [-0.25, -0.2) is 4.79 Å². The largest absolute Gasteiger partial charge is 0.480 e. The number of carbonyl (C=O) groups is 7. The van der Waals surface area contributed by atoms with Crippen LogP contribution in [0.1, 0.15) is 30.4 Å². The molecular weight excluding hydrogens is 768 g/mol. The van der Waals surface area contributed by atoms with Crippen molar-refractivity contribution in [2.45, 2.75) is 50.2 Å². The zero-order valence-electron chi connectivity index (χ0n) is 33.2. The van der Waals surface area contributed by atoms with Crippen LogP contribution in [-0.4, -0.2) is 185 Å². The van der Waals surface area contributed by atoms with E-state index >= 15 is 0 Å². The second-order valence-corrected chi connectivity index (χ2v) is 14.5. The molecule has 0 saturated carbocycles. The van der Waals surface area contributed by atoms with Gasteiger partial charge in [-0.15, -0.1) is 0 Å². The number of unbranched alkanes of at least 4 members (excludes halogenated alkanes) is 1. The van der Waals surface area contributed by atoms with Gasteiger partial charge in [-0.3, -0.25) is 48.4 Å². The number of hydrogen-bond donors (Lipinski definition) is 8. The summed E-state index contributed by atoms with van der Waals surface area (Å²) in [5, 5.41) is 46.5. The highest BCUT2D eigenvalue weighted by atomic mass is 16.4. The van der Waals surface area contributed by atoms with E-state index < -0.39 is 59.7 Å². The molecule has 19 heteroatoms. The monoisotopic (exact) mass is 826 g/mol. The molecule has 2 aromatic rings. The first-order valence-electron chi connectivity index (χ1n) is 19.7. The molecule has 0 radical (unpaired) electrons. The zero-order chi connectivity index (χ0) is 43.2. The minimum atomic E-state index is -1.23. The van der Waals surface area contributed by atoms with E-state index in [2.05, 4.69) is 16.0 Å².